The molecule has 0 amide bonds. The van der Waals surface area contributed by atoms with E-state index in [0.29, 0.717) is 11.1 Å². The average Bonchev–Trinajstić information content (AvgIpc) is 2.16. The number of halogens is 1. The first-order valence-electron chi connectivity index (χ1n) is 4.73. The molecule has 0 saturated carbocycles. The topological polar surface area (TPSA) is 12.9 Å². The van der Waals surface area contributed by atoms with Crippen LogP contribution in [0.15, 0.2) is 30.3 Å². The number of pyridine rings is 1. The van der Waals surface area contributed by atoms with Gasteiger partial charge in [0.05, 0.1) is 5.52 Å². The van der Waals surface area contributed by atoms with E-state index in [0.717, 1.165) is 10.9 Å². The molecule has 0 N–H and O–H groups in total. The lowest BCUT2D eigenvalue weighted by molar-refractivity contribution is 0.868. The van der Waals surface area contributed by atoms with E-state index >= 15 is 0 Å². The van der Waals surface area contributed by atoms with E-state index in [1.165, 1.54) is 5.56 Å². The number of fused-ring (bicyclic) bond motifs is 1. The third-order valence-electron chi connectivity index (χ3n) is 2.35. The molecule has 0 bridgehead atoms. The summed E-state index contributed by atoms with van der Waals surface area (Å²) in [6, 6.07) is 10.1. The molecule has 14 heavy (non-hydrogen) atoms. The van der Waals surface area contributed by atoms with Crippen LogP contribution in [-0.2, 0) is 0 Å². The highest BCUT2D eigenvalue weighted by Crippen LogP contribution is 2.21. The highest BCUT2D eigenvalue weighted by Gasteiger charge is 2.01. The Balaban J connectivity index is 2.63. The molecule has 0 spiro atoms. The number of hydrogen-bond donors (Lipinski definition) is 0. The summed E-state index contributed by atoms with van der Waals surface area (Å²) in [6.07, 6.45) is 0. The molecule has 2 rings (SSSR count). The number of rotatable bonds is 1. The Hall–Kier alpha value is -1.08. The molecule has 0 atom stereocenters. The third-order valence-corrected chi connectivity index (χ3v) is 2.56. The summed E-state index contributed by atoms with van der Waals surface area (Å²) in [6.45, 7) is 4.34. The van der Waals surface area contributed by atoms with E-state index in [-0.39, 0.29) is 0 Å². The zero-order valence-electron chi connectivity index (χ0n) is 8.29. The molecular weight excluding hydrogens is 194 g/mol. The van der Waals surface area contributed by atoms with Gasteiger partial charge in [0.2, 0.25) is 0 Å². The molecule has 1 nitrogen and oxygen atoms in total. The van der Waals surface area contributed by atoms with Gasteiger partial charge in [0.1, 0.15) is 5.15 Å². The van der Waals surface area contributed by atoms with Crippen LogP contribution >= 0.6 is 11.6 Å². The predicted octanol–water partition coefficient (Wildman–Crippen LogP) is 4.01. The summed E-state index contributed by atoms with van der Waals surface area (Å²) in [7, 11) is 0. The van der Waals surface area contributed by atoms with Crippen molar-refractivity contribution in [2.24, 2.45) is 0 Å². The summed E-state index contributed by atoms with van der Waals surface area (Å²) >= 11 is 5.84. The van der Waals surface area contributed by atoms with Gasteiger partial charge in [-0.25, -0.2) is 4.98 Å². The minimum Gasteiger partial charge on any atom is -0.236 e. The van der Waals surface area contributed by atoms with Crippen LogP contribution in [0.3, 0.4) is 0 Å². The summed E-state index contributed by atoms with van der Waals surface area (Å²) < 4.78 is 0. The van der Waals surface area contributed by atoms with Crippen LogP contribution in [0.1, 0.15) is 25.3 Å². The predicted molar refractivity (Wildman–Crippen MR) is 60.8 cm³/mol. The van der Waals surface area contributed by atoms with Gasteiger partial charge in [0.25, 0.3) is 0 Å². The van der Waals surface area contributed by atoms with Crippen molar-refractivity contribution in [3.05, 3.63) is 41.0 Å². The van der Waals surface area contributed by atoms with Crippen LogP contribution < -0.4 is 0 Å². The minimum absolute atomic E-state index is 0.528. The first-order valence-corrected chi connectivity index (χ1v) is 5.11. The molecule has 1 aromatic heterocycles. The fourth-order valence-electron chi connectivity index (χ4n) is 1.47. The molecule has 2 heteroatoms. The average molecular weight is 206 g/mol. The zero-order chi connectivity index (χ0) is 10.1. The number of nitrogens with zero attached hydrogens (tertiary/aromatic N) is 1. The lowest BCUT2D eigenvalue weighted by atomic mass is 10.0. The van der Waals surface area contributed by atoms with Crippen LogP contribution in [0.2, 0.25) is 5.15 Å². The number of aromatic nitrogens is 1. The zero-order valence-corrected chi connectivity index (χ0v) is 9.05. The van der Waals surface area contributed by atoms with Crippen LogP contribution in [0.5, 0.6) is 0 Å². The molecule has 1 aromatic carbocycles. The molecule has 0 unspecified atom stereocenters. The van der Waals surface area contributed by atoms with Gasteiger partial charge in [-0.1, -0.05) is 37.6 Å². The summed E-state index contributed by atoms with van der Waals surface area (Å²) in [5.74, 6) is 0.528. The monoisotopic (exact) mass is 205 g/mol. The van der Waals surface area contributed by atoms with Crippen LogP contribution in [0.4, 0.5) is 0 Å². The Labute approximate surface area is 88.7 Å². The van der Waals surface area contributed by atoms with E-state index < -0.39 is 0 Å². The Bertz CT molecular complexity index is 463. The molecule has 72 valence electrons. The molecule has 1 heterocycles. The Morgan fingerprint density at radius 2 is 1.86 bits per heavy atom. The second-order valence-electron chi connectivity index (χ2n) is 3.74. The maximum absolute atomic E-state index is 5.84. The number of hydrogen-bond acceptors (Lipinski definition) is 1. The van der Waals surface area contributed by atoms with E-state index in [2.05, 4.69) is 37.0 Å². The first-order chi connectivity index (χ1) is 6.66. The molecule has 0 aliphatic carbocycles. The quantitative estimate of drug-likeness (QED) is 0.641. The standard InChI is InChI=1S/C12H12ClN/c1-8(2)10-4-3-9-5-6-12(13)14-11(9)7-10/h3-8H,1-2H3. The second kappa shape index (κ2) is 3.58. The van der Waals surface area contributed by atoms with Gasteiger partial charge in [-0.15, -0.1) is 0 Å². The molecule has 2 aromatic rings. The van der Waals surface area contributed by atoms with Crippen molar-refractivity contribution in [3.63, 3.8) is 0 Å². The van der Waals surface area contributed by atoms with Crippen LogP contribution in [-0.4, -0.2) is 4.98 Å². The maximum Gasteiger partial charge on any atom is 0.129 e. The summed E-state index contributed by atoms with van der Waals surface area (Å²) in [5.41, 5.74) is 2.27. The summed E-state index contributed by atoms with van der Waals surface area (Å²) in [5, 5.41) is 1.69. The Morgan fingerprint density at radius 1 is 1.14 bits per heavy atom. The fourth-order valence-corrected chi connectivity index (χ4v) is 1.62. The van der Waals surface area contributed by atoms with Gasteiger partial charge in [0, 0.05) is 5.39 Å². The van der Waals surface area contributed by atoms with Crippen molar-refractivity contribution < 1.29 is 0 Å². The normalized spacial score (nSPS) is 11.1. The van der Waals surface area contributed by atoms with Gasteiger partial charge in [-0.2, -0.15) is 0 Å². The van der Waals surface area contributed by atoms with Crippen molar-refractivity contribution in [2.45, 2.75) is 19.8 Å². The van der Waals surface area contributed by atoms with Gasteiger partial charge in [-0.05, 0) is 29.7 Å². The largest absolute Gasteiger partial charge is 0.236 e. The molecular formula is C12H12ClN. The fraction of sp³-hybridized carbons (Fsp3) is 0.250. The van der Waals surface area contributed by atoms with Gasteiger partial charge in [-0.3, -0.25) is 0 Å². The van der Waals surface area contributed by atoms with Gasteiger partial charge in [0.15, 0.2) is 0 Å². The molecule has 0 aliphatic heterocycles. The van der Waals surface area contributed by atoms with Crippen LogP contribution in [0, 0.1) is 0 Å². The smallest absolute Gasteiger partial charge is 0.129 e. The highest BCUT2D eigenvalue weighted by molar-refractivity contribution is 6.29. The minimum atomic E-state index is 0.528. The van der Waals surface area contributed by atoms with Gasteiger partial charge >= 0.3 is 0 Å². The van der Waals surface area contributed by atoms with Crippen LogP contribution in [0.25, 0.3) is 10.9 Å². The van der Waals surface area contributed by atoms with E-state index in [9.17, 15) is 0 Å². The third kappa shape index (κ3) is 1.73. The molecule has 0 fully saturated rings. The van der Waals surface area contributed by atoms with Crippen molar-refractivity contribution in [2.75, 3.05) is 0 Å². The Morgan fingerprint density at radius 3 is 2.57 bits per heavy atom. The SMILES string of the molecule is CC(C)c1ccc2ccc(Cl)nc2c1. The molecule has 0 saturated heterocycles. The molecule has 0 radical (unpaired) electrons. The lowest BCUT2D eigenvalue weighted by Crippen LogP contribution is -1.88. The van der Waals surface area contributed by atoms with E-state index in [1.807, 2.05) is 12.1 Å². The van der Waals surface area contributed by atoms with Crippen molar-refractivity contribution in [3.8, 4) is 0 Å². The first kappa shape index (κ1) is 9.47. The number of benzene rings is 1. The summed E-state index contributed by atoms with van der Waals surface area (Å²) in [4.78, 5) is 4.28. The van der Waals surface area contributed by atoms with E-state index in [4.69, 9.17) is 11.6 Å². The highest BCUT2D eigenvalue weighted by atomic mass is 35.5. The van der Waals surface area contributed by atoms with Gasteiger partial charge < -0.3 is 0 Å². The maximum atomic E-state index is 5.84. The lowest BCUT2D eigenvalue weighted by Gasteiger charge is -2.06. The van der Waals surface area contributed by atoms with Crippen molar-refractivity contribution in [1.82, 2.24) is 4.98 Å². The van der Waals surface area contributed by atoms with Crippen molar-refractivity contribution >= 4 is 22.5 Å². The second-order valence-corrected chi connectivity index (χ2v) is 4.13. The van der Waals surface area contributed by atoms with Crippen molar-refractivity contribution in [1.29, 1.82) is 0 Å². The van der Waals surface area contributed by atoms with E-state index in [1.54, 1.807) is 0 Å². The Kier molecular flexibility index (Phi) is 2.42. The molecule has 0 aliphatic rings.